The number of aryl methyl sites for hydroxylation is 1. The molecular formula is C27H25N7O2S. The van der Waals surface area contributed by atoms with Gasteiger partial charge >= 0.3 is 0 Å². The molecule has 0 unspecified atom stereocenters. The molecule has 0 atom stereocenters. The second kappa shape index (κ2) is 10.3. The molecule has 5 aromatic rings. The van der Waals surface area contributed by atoms with Gasteiger partial charge in [-0.05, 0) is 49.7 Å². The lowest BCUT2D eigenvalue weighted by Crippen LogP contribution is -2.23. The van der Waals surface area contributed by atoms with E-state index in [0.717, 1.165) is 22.5 Å². The first-order valence-corrected chi connectivity index (χ1v) is 12.6. The molecular weight excluding hydrogens is 486 g/mol. The Morgan fingerprint density at radius 3 is 2.46 bits per heavy atom. The van der Waals surface area contributed by atoms with Crippen molar-refractivity contribution < 1.29 is 4.79 Å². The summed E-state index contributed by atoms with van der Waals surface area (Å²) in [5.74, 6) is 0.379. The third-order valence-corrected chi connectivity index (χ3v) is 6.99. The summed E-state index contributed by atoms with van der Waals surface area (Å²) >= 11 is 1.25. The Kier molecular flexibility index (Phi) is 6.74. The van der Waals surface area contributed by atoms with Crippen molar-refractivity contribution in [3.8, 4) is 22.8 Å². The third kappa shape index (κ3) is 4.70. The standard InChI is InChI=1S/C27H25N7O2S/c1-18-10-7-8-14-22(18)33-25(20-11-9-15-28-16-20)30-31-27(33)37-17-23(35)29-24-19(2)32(3)34(26(24)36)21-12-5-4-6-13-21/h4-16H,17H2,1-3H3,(H,29,35). The molecule has 2 aromatic carbocycles. The minimum absolute atomic E-state index is 0.0518. The zero-order valence-corrected chi connectivity index (χ0v) is 21.4. The molecule has 0 aliphatic carbocycles. The Labute approximate surface area is 217 Å². The van der Waals surface area contributed by atoms with Gasteiger partial charge in [0.25, 0.3) is 5.56 Å². The van der Waals surface area contributed by atoms with Gasteiger partial charge in [0.2, 0.25) is 5.91 Å². The van der Waals surface area contributed by atoms with Gasteiger partial charge in [-0.2, -0.15) is 0 Å². The van der Waals surface area contributed by atoms with Crippen LogP contribution in [0.1, 0.15) is 11.3 Å². The highest BCUT2D eigenvalue weighted by molar-refractivity contribution is 7.99. The molecule has 1 N–H and O–H groups in total. The van der Waals surface area contributed by atoms with Gasteiger partial charge in [0, 0.05) is 25.0 Å². The Morgan fingerprint density at radius 2 is 1.73 bits per heavy atom. The normalized spacial score (nSPS) is 11.0. The second-order valence-electron chi connectivity index (χ2n) is 8.44. The van der Waals surface area contributed by atoms with Gasteiger partial charge < -0.3 is 5.32 Å². The summed E-state index contributed by atoms with van der Waals surface area (Å²) in [7, 11) is 1.79. The van der Waals surface area contributed by atoms with E-state index in [4.69, 9.17) is 0 Å². The molecule has 1 amide bonds. The SMILES string of the molecule is Cc1ccccc1-n1c(SCC(=O)Nc2c(C)n(C)n(-c3ccccc3)c2=O)nnc1-c1cccnc1. The van der Waals surface area contributed by atoms with Gasteiger partial charge in [0.15, 0.2) is 11.0 Å². The number of nitrogens with one attached hydrogen (secondary N) is 1. The number of benzene rings is 2. The van der Waals surface area contributed by atoms with Gasteiger partial charge in [-0.3, -0.25) is 23.8 Å². The van der Waals surface area contributed by atoms with Crippen molar-refractivity contribution in [1.29, 1.82) is 0 Å². The number of amides is 1. The number of rotatable bonds is 7. The van der Waals surface area contributed by atoms with Crippen LogP contribution in [-0.2, 0) is 11.8 Å². The van der Waals surface area contributed by atoms with Gasteiger partial charge in [-0.25, -0.2) is 4.68 Å². The number of hydrogen-bond donors (Lipinski definition) is 1. The van der Waals surface area contributed by atoms with Crippen LogP contribution in [0.5, 0.6) is 0 Å². The molecule has 37 heavy (non-hydrogen) atoms. The molecule has 0 saturated carbocycles. The van der Waals surface area contributed by atoms with Crippen LogP contribution < -0.4 is 10.9 Å². The van der Waals surface area contributed by atoms with Gasteiger partial charge in [0.1, 0.15) is 5.69 Å². The molecule has 3 aromatic heterocycles. The fraction of sp³-hybridized carbons (Fsp3) is 0.148. The molecule has 0 aliphatic rings. The molecule has 9 nitrogen and oxygen atoms in total. The molecule has 3 heterocycles. The maximum atomic E-state index is 13.1. The molecule has 0 aliphatic heterocycles. The molecule has 10 heteroatoms. The number of thioether (sulfide) groups is 1. The fourth-order valence-electron chi connectivity index (χ4n) is 4.09. The Hall–Kier alpha value is -4.44. The lowest BCUT2D eigenvalue weighted by molar-refractivity contribution is -0.113. The Balaban J connectivity index is 1.41. The van der Waals surface area contributed by atoms with Crippen LogP contribution in [0.25, 0.3) is 22.8 Å². The van der Waals surface area contributed by atoms with Gasteiger partial charge in [-0.15, -0.1) is 10.2 Å². The van der Waals surface area contributed by atoms with Crippen molar-refractivity contribution in [2.45, 2.75) is 19.0 Å². The van der Waals surface area contributed by atoms with Crippen molar-refractivity contribution in [2.75, 3.05) is 11.1 Å². The number of para-hydroxylation sites is 2. The maximum Gasteiger partial charge on any atom is 0.295 e. The fourth-order valence-corrected chi connectivity index (χ4v) is 4.84. The van der Waals surface area contributed by atoms with Crippen molar-refractivity contribution >= 4 is 23.4 Å². The average molecular weight is 512 g/mol. The second-order valence-corrected chi connectivity index (χ2v) is 9.39. The van der Waals surface area contributed by atoms with Crippen LogP contribution in [0.3, 0.4) is 0 Å². The average Bonchev–Trinajstić information content (AvgIpc) is 3.43. The van der Waals surface area contributed by atoms with E-state index in [1.807, 2.05) is 78.2 Å². The quantitative estimate of drug-likeness (QED) is 0.329. The van der Waals surface area contributed by atoms with E-state index in [1.54, 1.807) is 31.0 Å². The highest BCUT2D eigenvalue weighted by Gasteiger charge is 2.21. The minimum atomic E-state index is -0.307. The summed E-state index contributed by atoms with van der Waals surface area (Å²) in [6, 6.07) is 21.0. The largest absolute Gasteiger partial charge is 0.319 e. The number of pyridine rings is 1. The first kappa shape index (κ1) is 24.3. The first-order chi connectivity index (χ1) is 18.0. The predicted molar refractivity (Wildman–Crippen MR) is 144 cm³/mol. The molecule has 0 fully saturated rings. The Morgan fingerprint density at radius 1 is 0.973 bits per heavy atom. The minimum Gasteiger partial charge on any atom is -0.319 e. The predicted octanol–water partition coefficient (Wildman–Crippen LogP) is 4.17. The Bertz CT molecular complexity index is 1620. The monoisotopic (exact) mass is 511 g/mol. The highest BCUT2D eigenvalue weighted by atomic mass is 32.2. The van der Waals surface area contributed by atoms with E-state index in [1.165, 1.54) is 16.4 Å². The van der Waals surface area contributed by atoms with Crippen LogP contribution in [0.4, 0.5) is 5.69 Å². The summed E-state index contributed by atoms with van der Waals surface area (Å²) in [5.41, 5.74) is 4.13. The van der Waals surface area contributed by atoms with E-state index < -0.39 is 0 Å². The zero-order valence-electron chi connectivity index (χ0n) is 20.6. The van der Waals surface area contributed by atoms with E-state index in [9.17, 15) is 9.59 Å². The van der Waals surface area contributed by atoms with Crippen LogP contribution in [0, 0.1) is 13.8 Å². The number of hydrogen-bond acceptors (Lipinski definition) is 6. The number of anilines is 1. The van der Waals surface area contributed by atoms with Crippen LogP contribution in [0.15, 0.2) is 89.1 Å². The van der Waals surface area contributed by atoms with Crippen LogP contribution in [-0.4, -0.2) is 40.8 Å². The number of aromatic nitrogens is 6. The molecule has 0 spiro atoms. The lowest BCUT2D eigenvalue weighted by atomic mass is 10.2. The molecule has 0 radical (unpaired) electrons. The topological polar surface area (TPSA) is 99.6 Å². The molecule has 0 bridgehead atoms. The summed E-state index contributed by atoms with van der Waals surface area (Å²) < 4.78 is 5.20. The maximum absolute atomic E-state index is 13.1. The van der Waals surface area contributed by atoms with Crippen LogP contribution in [0.2, 0.25) is 0 Å². The first-order valence-electron chi connectivity index (χ1n) is 11.6. The highest BCUT2D eigenvalue weighted by Crippen LogP contribution is 2.29. The van der Waals surface area contributed by atoms with E-state index in [0.29, 0.717) is 16.7 Å². The van der Waals surface area contributed by atoms with Crippen molar-refractivity contribution in [1.82, 2.24) is 29.1 Å². The molecule has 186 valence electrons. The van der Waals surface area contributed by atoms with E-state index in [-0.39, 0.29) is 22.9 Å². The zero-order chi connectivity index (χ0) is 25.9. The summed E-state index contributed by atoms with van der Waals surface area (Å²) in [6.07, 6.45) is 3.44. The van der Waals surface area contributed by atoms with Gasteiger partial charge in [-0.1, -0.05) is 48.2 Å². The van der Waals surface area contributed by atoms with Crippen molar-refractivity contribution in [2.24, 2.45) is 7.05 Å². The number of carbonyl (C=O) groups is 1. The van der Waals surface area contributed by atoms with Gasteiger partial charge in [0.05, 0.1) is 22.8 Å². The number of nitrogens with zero attached hydrogens (tertiary/aromatic N) is 6. The molecule has 0 saturated heterocycles. The lowest BCUT2D eigenvalue weighted by Gasteiger charge is -2.12. The van der Waals surface area contributed by atoms with Crippen LogP contribution >= 0.6 is 11.8 Å². The van der Waals surface area contributed by atoms with Crippen molar-refractivity contribution in [3.05, 3.63) is 101 Å². The number of carbonyl (C=O) groups excluding carboxylic acids is 1. The molecule has 5 rings (SSSR count). The van der Waals surface area contributed by atoms with Crippen molar-refractivity contribution in [3.63, 3.8) is 0 Å². The summed E-state index contributed by atoms with van der Waals surface area (Å²) in [6.45, 7) is 3.82. The third-order valence-electron chi connectivity index (χ3n) is 6.06. The van der Waals surface area contributed by atoms with E-state index in [2.05, 4.69) is 20.5 Å². The van der Waals surface area contributed by atoms with E-state index >= 15 is 0 Å². The smallest absolute Gasteiger partial charge is 0.295 e. The summed E-state index contributed by atoms with van der Waals surface area (Å²) in [5, 5.41) is 12.2. The summed E-state index contributed by atoms with van der Waals surface area (Å²) in [4.78, 5) is 30.3.